The lowest BCUT2D eigenvalue weighted by molar-refractivity contribution is 0.0945. The highest BCUT2D eigenvalue weighted by Crippen LogP contribution is 2.28. The van der Waals surface area contributed by atoms with Crippen LogP contribution in [0.2, 0.25) is 0 Å². The van der Waals surface area contributed by atoms with Crippen molar-refractivity contribution >= 4 is 16.8 Å². The van der Waals surface area contributed by atoms with Gasteiger partial charge in [-0.1, -0.05) is 37.5 Å². The van der Waals surface area contributed by atoms with Crippen molar-refractivity contribution in [2.75, 3.05) is 6.54 Å². The molecule has 1 aliphatic carbocycles. The van der Waals surface area contributed by atoms with E-state index in [1.807, 2.05) is 30.3 Å². The third-order valence-corrected chi connectivity index (χ3v) is 3.84. The summed E-state index contributed by atoms with van der Waals surface area (Å²) in [4.78, 5) is 15.1. The Balaban J connectivity index is 1.60. The van der Waals surface area contributed by atoms with Crippen molar-refractivity contribution in [2.24, 2.45) is 5.92 Å². The van der Waals surface area contributed by atoms with Gasteiger partial charge in [0.05, 0.1) is 0 Å². The minimum atomic E-state index is 0.00511. The average Bonchev–Trinajstić information content (AvgIpc) is 2.75. The summed E-state index contributed by atoms with van der Waals surface area (Å²) in [6.45, 7) is 0.791. The first-order chi connectivity index (χ1) is 8.83. The van der Waals surface area contributed by atoms with E-state index in [0.29, 0.717) is 5.69 Å². The first-order valence-electron chi connectivity index (χ1n) is 6.69. The fourth-order valence-corrected chi connectivity index (χ4v) is 2.46. The Morgan fingerprint density at radius 3 is 2.89 bits per heavy atom. The predicted molar refractivity (Wildman–Crippen MR) is 72.6 cm³/mol. The molecule has 0 saturated heterocycles. The SMILES string of the molecule is O=C(NCCC1CCC1)c1cc2ccccc2[nH]1. The van der Waals surface area contributed by atoms with Gasteiger partial charge in [0.15, 0.2) is 0 Å². The maximum Gasteiger partial charge on any atom is 0.267 e. The minimum Gasteiger partial charge on any atom is -0.351 e. The maximum absolute atomic E-state index is 12.0. The summed E-state index contributed by atoms with van der Waals surface area (Å²) >= 11 is 0. The quantitative estimate of drug-likeness (QED) is 0.850. The third-order valence-electron chi connectivity index (χ3n) is 3.84. The zero-order chi connectivity index (χ0) is 12.4. The molecule has 3 heteroatoms. The van der Waals surface area contributed by atoms with Crippen molar-refractivity contribution < 1.29 is 4.79 Å². The molecule has 0 aliphatic heterocycles. The van der Waals surface area contributed by atoms with Gasteiger partial charge in [0.2, 0.25) is 0 Å². The summed E-state index contributed by atoms with van der Waals surface area (Å²) in [5.41, 5.74) is 1.67. The molecule has 0 radical (unpaired) electrons. The zero-order valence-electron chi connectivity index (χ0n) is 10.4. The van der Waals surface area contributed by atoms with Gasteiger partial charge in [-0.05, 0) is 24.5 Å². The molecule has 0 unspecified atom stereocenters. The van der Waals surface area contributed by atoms with E-state index in [1.165, 1.54) is 19.3 Å². The van der Waals surface area contributed by atoms with E-state index in [0.717, 1.165) is 29.8 Å². The molecule has 1 aromatic carbocycles. The molecule has 1 heterocycles. The molecule has 0 atom stereocenters. The number of hydrogen-bond acceptors (Lipinski definition) is 1. The van der Waals surface area contributed by atoms with Crippen molar-refractivity contribution in [3.8, 4) is 0 Å². The van der Waals surface area contributed by atoms with E-state index < -0.39 is 0 Å². The fourth-order valence-electron chi connectivity index (χ4n) is 2.46. The van der Waals surface area contributed by atoms with Gasteiger partial charge in [0.1, 0.15) is 5.69 Å². The number of H-pyrrole nitrogens is 1. The number of nitrogens with one attached hydrogen (secondary N) is 2. The zero-order valence-corrected chi connectivity index (χ0v) is 10.4. The Morgan fingerprint density at radius 2 is 2.17 bits per heavy atom. The van der Waals surface area contributed by atoms with Gasteiger partial charge in [-0.3, -0.25) is 4.79 Å². The maximum atomic E-state index is 12.0. The van der Waals surface area contributed by atoms with E-state index in [9.17, 15) is 4.79 Å². The summed E-state index contributed by atoms with van der Waals surface area (Å²) in [6, 6.07) is 9.86. The number of aromatic amines is 1. The highest BCUT2D eigenvalue weighted by atomic mass is 16.1. The van der Waals surface area contributed by atoms with Crippen LogP contribution in [0.1, 0.15) is 36.2 Å². The Hall–Kier alpha value is -1.77. The largest absolute Gasteiger partial charge is 0.351 e. The first kappa shape index (κ1) is 11.3. The molecule has 0 spiro atoms. The predicted octanol–water partition coefficient (Wildman–Crippen LogP) is 3.09. The lowest BCUT2D eigenvalue weighted by atomic mass is 9.83. The highest BCUT2D eigenvalue weighted by Gasteiger charge is 2.17. The second-order valence-electron chi connectivity index (χ2n) is 5.11. The highest BCUT2D eigenvalue weighted by molar-refractivity contribution is 5.97. The molecule has 1 saturated carbocycles. The number of para-hydroxylation sites is 1. The standard InChI is InChI=1S/C15H18N2O/c18-15(16-9-8-11-4-3-5-11)14-10-12-6-1-2-7-13(12)17-14/h1-2,6-7,10-11,17H,3-5,8-9H2,(H,16,18). The van der Waals surface area contributed by atoms with Gasteiger partial charge in [0, 0.05) is 17.4 Å². The minimum absolute atomic E-state index is 0.00511. The summed E-state index contributed by atoms with van der Waals surface area (Å²) in [5.74, 6) is 0.846. The van der Waals surface area contributed by atoms with Gasteiger partial charge in [-0.2, -0.15) is 0 Å². The van der Waals surface area contributed by atoms with Crippen LogP contribution in [0.15, 0.2) is 30.3 Å². The van der Waals surface area contributed by atoms with Crippen LogP contribution < -0.4 is 5.32 Å². The molecule has 2 N–H and O–H groups in total. The average molecular weight is 242 g/mol. The topological polar surface area (TPSA) is 44.9 Å². The molecule has 1 aliphatic rings. The first-order valence-corrected chi connectivity index (χ1v) is 6.69. The van der Waals surface area contributed by atoms with Crippen molar-refractivity contribution in [2.45, 2.75) is 25.7 Å². The third kappa shape index (κ3) is 2.26. The van der Waals surface area contributed by atoms with Crippen LogP contribution in [-0.2, 0) is 0 Å². The molecule has 18 heavy (non-hydrogen) atoms. The Labute approximate surface area is 107 Å². The molecule has 3 rings (SSSR count). The van der Waals surface area contributed by atoms with E-state index in [-0.39, 0.29) is 5.91 Å². The van der Waals surface area contributed by atoms with Crippen molar-refractivity contribution in [1.82, 2.24) is 10.3 Å². The van der Waals surface area contributed by atoms with Crippen LogP contribution in [-0.4, -0.2) is 17.4 Å². The van der Waals surface area contributed by atoms with Crippen molar-refractivity contribution in [1.29, 1.82) is 0 Å². The second kappa shape index (κ2) is 4.84. The number of amides is 1. The van der Waals surface area contributed by atoms with E-state index in [4.69, 9.17) is 0 Å². The van der Waals surface area contributed by atoms with E-state index >= 15 is 0 Å². The van der Waals surface area contributed by atoms with Gasteiger partial charge in [0.25, 0.3) is 5.91 Å². The number of rotatable bonds is 4. The van der Waals surface area contributed by atoms with Crippen LogP contribution >= 0.6 is 0 Å². The van der Waals surface area contributed by atoms with Gasteiger partial charge < -0.3 is 10.3 Å². The van der Waals surface area contributed by atoms with Crippen LogP contribution in [0.4, 0.5) is 0 Å². The van der Waals surface area contributed by atoms with Crippen LogP contribution in [0.25, 0.3) is 10.9 Å². The van der Waals surface area contributed by atoms with Gasteiger partial charge >= 0.3 is 0 Å². The molecule has 1 aromatic heterocycles. The molecular formula is C15H18N2O. The molecular weight excluding hydrogens is 224 g/mol. The normalized spacial score (nSPS) is 15.6. The van der Waals surface area contributed by atoms with E-state index in [1.54, 1.807) is 0 Å². The number of hydrogen-bond donors (Lipinski definition) is 2. The number of aromatic nitrogens is 1. The molecule has 3 nitrogen and oxygen atoms in total. The lowest BCUT2D eigenvalue weighted by Gasteiger charge is -2.25. The smallest absolute Gasteiger partial charge is 0.267 e. The van der Waals surface area contributed by atoms with E-state index in [2.05, 4.69) is 10.3 Å². The summed E-state index contributed by atoms with van der Waals surface area (Å²) < 4.78 is 0. The summed E-state index contributed by atoms with van der Waals surface area (Å²) in [5, 5.41) is 4.07. The number of carbonyl (C=O) groups is 1. The van der Waals surface area contributed by atoms with Gasteiger partial charge in [-0.15, -0.1) is 0 Å². The van der Waals surface area contributed by atoms with Gasteiger partial charge in [-0.25, -0.2) is 0 Å². The molecule has 1 fully saturated rings. The molecule has 0 bridgehead atoms. The Kier molecular flexibility index (Phi) is 3.05. The Bertz CT molecular complexity index is 521. The second-order valence-corrected chi connectivity index (χ2v) is 5.11. The summed E-state index contributed by atoms with van der Waals surface area (Å²) in [6.07, 6.45) is 5.15. The monoisotopic (exact) mass is 242 g/mol. The molecule has 94 valence electrons. The number of benzene rings is 1. The molecule has 1 amide bonds. The lowest BCUT2D eigenvalue weighted by Crippen LogP contribution is -2.27. The summed E-state index contributed by atoms with van der Waals surface area (Å²) in [7, 11) is 0. The molecule has 2 aromatic rings. The fraction of sp³-hybridized carbons (Fsp3) is 0.400. The van der Waals surface area contributed by atoms with Crippen molar-refractivity contribution in [3.05, 3.63) is 36.0 Å². The number of fused-ring (bicyclic) bond motifs is 1. The Morgan fingerprint density at radius 1 is 1.33 bits per heavy atom. The van der Waals surface area contributed by atoms with Crippen LogP contribution in [0, 0.1) is 5.92 Å². The van der Waals surface area contributed by atoms with Crippen molar-refractivity contribution in [3.63, 3.8) is 0 Å². The van der Waals surface area contributed by atoms with Crippen LogP contribution in [0.5, 0.6) is 0 Å². The van der Waals surface area contributed by atoms with Crippen LogP contribution in [0.3, 0.4) is 0 Å². The number of carbonyl (C=O) groups excluding carboxylic acids is 1.